The third-order valence-corrected chi connectivity index (χ3v) is 9.24. The highest BCUT2D eigenvalue weighted by Gasteiger charge is 2.28. The van der Waals surface area contributed by atoms with Crippen LogP contribution in [0, 0.1) is 0 Å². The number of carbonyl (C=O) groups is 1. The summed E-state index contributed by atoms with van der Waals surface area (Å²) in [6.45, 7) is 5.60. The zero-order chi connectivity index (χ0) is 23.4. The number of thioether (sulfide) groups is 1. The number of hydrogen-bond donors (Lipinski definition) is 0. The highest BCUT2D eigenvalue weighted by atomic mass is 32.2. The molecule has 0 bridgehead atoms. The van der Waals surface area contributed by atoms with Crippen LogP contribution in [0.1, 0.15) is 17.3 Å². The third-order valence-electron chi connectivity index (χ3n) is 5.64. The molecular formula is C23H27N3O4S3. The molecule has 1 aromatic heterocycles. The number of thiazole rings is 1. The smallest absolute Gasteiger partial charge is 0.261 e. The van der Waals surface area contributed by atoms with Crippen LogP contribution in [0.15, 0.2) is 52.3 Å². The van der Waals surface area contributed by atoms with Crippen molar-refractivity contribution in [2.24, 2.45) is 0 Å². The van der Waals surface area contributed by atoms with Crippen LogP contribution in [-0.4, -0.2) is 75.6 Å². The molecule has 4 rings (SSSR count). The molecule has 1 aliphatic rings. The number of amides is 1. The van der Waals surface area contributed by atoms with Crippen molar-refractivity contribution in [3.63, 3.8) is 0 Å². The maximum absolute atomic E-state index is 13.8. The molecule has 1 aliphatic heterocycles. The van der Waals surface area contributed by atoms with Gasteiger partial charge < -0.3 is 4.74 Å². The summed E-state index contributed by atoms with van der Waals surface area (Å²) in [6.07, 6.45) is 2.00. The lowest BCUT2D eigenvalue weighted by molar-refractivity contribution is 0.0391. The summed E-state index contributed by atoms with van der Waals surface area (Å²) >= 11 is 3.06. The molecule has 2 heterocycles. The van der Waals surface area contributed by atoms with Crippen LogP contribution in [0.5, 0.6) is 0 Å². The van der Waals surface area contributed by atoms with Crippen LogP contribution in [-0.2, 0) is 14.6 Å². The molecule has 1 saturated heterocycles. The number of aromatic nitrogens is 1. The van der Waals surface area contributed by atoms with Gasteiger partial charge in [-0.2, -0.15) is 0 Å². The van der Waals surface area contributed by atoms with Crippen LogP contribution in [0.2, 0.25) is 0 Å². The summed E-state index contributed by atoms with van der Waals surface area (Å²) in [7, 11) is -3.56. The van der Waals surface area contributed by atoms with Crippen LogP contribution in [0.25, 0.3) is 10.2 Å². The number of rotatable bonds is 8. The summed E-state index contributed by atoms with van der Waals surface area (Å²) in [5.41, 5.74) is 1.05. The molecule has 1 fully saturated rings. The Morgan fingerprint density at radius 3 is 2.67 bits per heavy atom. The Kier molecular flexibility index (Phi) is 7.70. The summed E-state index contributed by atoms with van der Waals surface area (Å²) in [5.74, 6) is -0.413. The number of para-hydroxylation sites is 1. The molecule has 33 heavy (non-hydrogen) atoms. The van der Waals surface area contributed by atoms with Crippen molar-refractivity contribution in [2.45, 2.75) is 16.7 Å². The molecule has 176 valence electrons. The van der Waals surface area contributed by atoms with E-state index in [9.17, 15) is 13.2 Å². The number of morpholine rings is 1. The van der Waals surface area contributed by atoms with E-state index in [2.05, 4.69) is 4.90 Å². The maximum Gasteiger partial charge on any atom is 0.261 e. The van der Waals surface area contributed by atoms with Crippen LogP contribution in [0.4, 0.5) is 5.13 Å². The second-order valence-electron chi connectivity index (χ2n) is 7.61. The van der Waals surface area contributed by atoms with Gasteiger partial charge in [0.2, 0.25) is 0 Å². The summed E-state index contributed by atoms with van der Waals surface area (Å²) in [4.78, 5) is 23.6. The van der Waals surface area contributed by atoms with E-state index in [0.29, 0.717) is 31.4 Å². The minimum atomic E-state index is -3.56. The van der Waals surface area contributed by atoms with Gasteiger partial charge in [-0.1, -0.05) is 36.5 Å². The SMILES string of the molecule is CCS(=O)(=O)c1ccccc1C(=O)N(CCN1CCOCC1)c1nc2c(SC)cccc2s1. The Labute approximate surface area is 202 Å². The number of hydrogen-bond acceptors (Lipinski definition) is 8. The van der Waals surface area contributed by atoms with Crippen LogP contribution in [0.3, 0.4) is 0 Å². The van der Waals surface area contributed by atoms with Crippen LogP contribution < -0.4 is 4.90 Å². The average Bonchev–Trinajstić information content (AvgIpc) is 3.28. The molecule has 2 aromatic carbocycles. The third kappa shape index (κ3) is 5.25. The van der Waals surface area contributed by atoms with Gasteiger partial charge in [-0.3, -0.25) is 14.6 Å². The first kappa shape index (κ1) is 24.2. The van der Waals surface area contributed by atoms with E-state index in [1.165, 1.54) is 17.4 Å². The van der Waals surface area contributed by atoms with Gasteiger partial charge in [0.05, 0.1) is 39.6 Å². The first-order valence-electron chi connectivity index (χ1n) is 10.8. The molecule has 0 unspecified atom stereocenters. The Bertz CT molecular complexity index is 1240. The number of sulfone groups is 1. The van der Waals surface area contributed by atoms with Gasteiger partial charge >= 0.3 is 0 Å². The monoisotopic (exact) mass is 505 g/mol. The van der Waals surface area contributed by atoms with E-state index in [-0.39, 0.29) is 22.1 Å². The fraction of sp³-hybridized carbons (Fsp3) is 0.391. The van der Waals surface area contributed by atoms with E-state index in [1.807, 2.05) is 24.5 Å². The quantitative estimate of drug-likeness (QED) is 0.431. The van der Waals surface area contributed by atoms with Gasteiger partial charge in [0.1, 0.15) is 0 Å². The minimum Gasteiger partial charge on any atom is -0.379 e. The second kappa shape index (κ2) is 10.5. The summed E-state index contributed by atoms with van der Waals surface area (Å²) < 4.78 is 31.8. The lowest BCUT2D eigenvalue weighted by Crippen LogP contribution is -2.43. The van der Waals surface area contributed by atoms with E-state index < -0.39 is 9.84 Å². The largest absolute Gasteiger partial charge is 0.379 e. The second-order valence-corrected chi connectivity index (χ2v) is 11.7. The Hall–Kier alpha value is -1.98. The molecule has 0 N–H and O–H groups in total. The Morgan fingerprint density at radius 1 is 1.18 bits per heavy atom. The maximum atomic E-state index is 13.8. The first-order valence-corrected chi connectivity index (χ1v) is 14.5. The molecule has 0 saturated carbocycles. The zero-order valence-electron chi connectivity index (χ0n) is 18.7. The van der Waals surface area contributed by atoms with Gasteiger partial charge in [0, 0.05) is 31.1 Å². The highest BCUT2D eigenvalue weighted by Crippen LogP contribution is 2.35. The zero-order valence-corrected chi connectivity index (χ0v) is 21.1. The molecule has 0 radical (unpaired) electrons. The van der Waals surface area contributed by atoms with E-state index in [0.717, 1.165) is 28.2 Å². The van der Waals surface area contributed by atoms with E-state index in [1.54, 1.807) is 41.8 Å². The Balaban J connectivity index is 1.74. The van der Waals surface area contributed by atoms with Crippen molar-refractivity contribution in [1.29, 1.82) is 0 Å². The molecule has 0 spiro atoms. The fourth-order valence-electron chi connectivity index (χ4n) is 3.76. The lowest BCUT2D eigenvalue weighted by atomic mass is 10.2. The molecule has 0 atom stereocenters. The van der Waals surface area contributed by atoms with Crippen molar-refractivity contribution >= 4 is 54.2 Å². The number of anilines is 1. The molecule has 10 heteroatoms. The molecule has 0 aliphatic carbocycles. The number of ether oxygens (including phenoxy) is 1. The minimum absolute atomic E-state index is 0.0662. The van der Waals surface area contributed by atoms with Gasteiger partial charge in [0.25, 0.3) is 5.91 Å². The van der Waals surface area contributed by atoms with Crippen molar-refractivity contribution in [3.05, 3.63) is 48.0 Å². The normalized spacial score (nSPS) is 15.1. The van der Waals surface area contributed by atoms with E-state index >= 15 is 0 Å². The number of benzene rings is 2. The molecular weight excluding hydrogens is 478 g/mol. The van der Waals surface area contributed by atoms with Gasteiger partial charge in [0.15, 0.2) is 15.0 Å². The summed E-state index contributed by atoms with van der Waals surface area (Å²) in [6, 6.07) is 12.4. The standard InChI is InChI=1S/C23H27N3O4S3/c1-3-33(28,29)20-10-5-4-7-17(20)22(27)26(12-11-25-13-15-30-16-14-25)23-24-21-18(31-2)8-6-9-19(21)32-23/h4-10H,3,11-16H2,1-2H3. The summed E-state index contributed by atoms with van der Waals surface area (Å²) in [5, 5.41) is 0.577. The van der Waals surface area contributed by atoms with Crippen molar-refractivity contribution in [2.75, 3.05) is 56.3 Å². The van der Waals surface area contributed by atoms with E-state index in [4.69, 9.17) is 9.72 Å². The van der Waals surface area contributed by atoms with Gasteiger partial charge in [-0.05, 0) is 30.5 Å². The van der Waals surface area contributed by atoms with Gasteiger partial charge in [-0.25, -0.2) is 13.4 Å². The van der Waals surface area contributed by atoms with Crippen molar-refractivity contribution < 1.29 is 17.9 Å². The predicted molar refractivity (Wildman–Crippen MR) is 135 cm³/mol. The number of fused-ring (bicyclic) bond motifs is 1. The lowest BCUT2D eigenvalue weighted by Gasteiger charge is -2.29. The molecule has 1 amide bonds. The highest BCUT2D eigenvalue weighted by molar-refractivity contribution is 7.98. The Morgan fingerprint density at radius 2 is 1.94 bits per heavy atom. The van der Waals surface area contributed by atoms with Crippen molar-refractivity contribution in [1.82, 2.24) is 9.88 Å². The number of nitrogens with zero attached hydrogens (tertiary/aromatic N) is 3. The topological polar surface area (TPSA) is 79.8 Å². The average molecular weight is 506 g/mol. The van der Waals surface area contributed by atoms with Crippen molar-refractivity contribution in [3.8, 4) is 0 Å². The van der Waals surface area contributed by atoms with Crippen LogP contribution >= 0.6 is 23.1 Å². The fourth-order valence-corrected chi connectivity index (χ4v) is 6.49. The number of carbonyl (C=O) groups excluding carboxylic acids is 1. The predicted octanol–water partition coefficient (Wildman–Crippen LogP) is 3.79. The molecule has 7 nitrogen and oxygen atoms in total. The van der Waals surface area contributed by atoms with Gasteiger partial charge in [-0.15, -0.1) is 11.8 Å². The molecule has 3 aromatic rings. The first-order chi connectivity index (χ1) is 15.9.